The molecular formula is C16H20N2O. The molecule has 0 N–H and O–H groups in total. The Labute approximate surface area is 114 Å². The molecule has 0 spiro atoms. The summed E-state index contributed by atoms with van der Waals surface area (Å²) >= 11 is 0. The summed E-state index contributed by atoms with van der Waals surface area (Å²) in [5, 5.41) is 4.62. The fourth-order valence-electron chi connectivity index (χ4n) is 2.50. The molecule has 0 atom stereocenters. The van der Waals surface area contributed by atoms with E-state index in [1.807, 2.05) is 11.6 Å². The maximum Gasteiger partial charge on any atom is 0.153 e. The van der Waals surface area contributed by atoms with Crippen molar-refractivity contribution in [3.05, 3.63) is 46.3 Å². The van der Waals surface area contributed by atoms with Gasteiger partial charge >= 0.3 is 0 Å². The van der Waals surface area contributed by atoms with Gasteiger partial charge in [0.05, 0.1) is 22.6 Å². The average Bonchev–Trinajstić information content (AvgIpc) is 2.76. The van der Waals surface area contributed by atoms with Crippen molar-refractivity contribution >= 4 is 6.29 Å². The summed E-state index contributed by atoms with van der Waals surface area (Å²) in [6, 6.07) is 6.29. The Kier molecular flexibility index (Phi) is 3.84. The number of carbonyl (C=O) groups excluding carboxylic acids is 1. The van der Waals surface area contributed by atoms with Gasteiger partial charge in [-0.3, -0.25) is 4.79 Å². The van der Waals surface area contributed by atoms with Gasteiger partial charge in [0.1, 0.15) is 0 Å². The number of hydrogen-bond donors (Lipinski definition) is 0. The van der Waals surface area contributed by atoms with Gasteiger partial charge in [-0.25, -0.2) is 4.68 Å². The van der Waals surface area contributed by atoms with Crippen molar-refractivity contribution in [2.75, 3.05) is 0 Å². The maximum absolute atomic E-state index is 11.3. The summed E-state index contributed by atoms with van der Waals surface area (Å²) in [5.41, 5.74) is 6.11. The van der Waals surface area contributed by atoms with Gasteiger partial charge in [0.25, 0.3) is 0 Å². The molecule has 0 unspecified atom stereocenters. The Bertz CT molecular complexity index is 611. The summed E-state index contributed by atoms with van der Waals surface area (Å²) in [6.45, 7) is 8.25. The maximum atomic E-state index is 11.3. The molecule has 1 aromatic carbocycles. The van der Waals surface area contributed by atoms with E-state index in [1.165, 1.54) is 11.1 Å². The van der Waals surface area contributed by atoms with Crippen molar-refractivity contribution in [1.82, 2.24) is 9.78 Å². The number of aromatic nitrogens is 2. The minimum atomic E-state index is 0.755. The third-order valence-corrected chi connectivity index (χ3v) is 3.47. The third-order valence-electron chi connectivity index (χ3n) is 3.47. The summed E-state index contributed by atoms with van der Waals surface area (Å²) in [6.07, 6.45) is 2.51. The minimum absolute atomic E-state index is 0.755. The predicted octanol–water partition coefficient (Wildman–Crippen LogP) is 3.43. The van der Waals surface area contributed by atoms with Crippen molar-refractivity contribution < 1.29 is 4.79 Å². The summed E-state index contributed by atoms with van der Waals surface area (Å²) in [4.78, 5) is 11.3. The lowest BCUT2D eigenvalue weighted by Crippen LogP contribution is -2.04. The van der Waals surface area contributed by atoms with Crippen LogP contribution in [0.2, 0.25) is 0 Å². The molecule has 0 bridgehead atoms. The van der Waals surface area contributed by atoms with Gasteiger partial charge in [0.2, 0.25) is 0 Å². The highest BCUT2D eigenvalue weighted by atomic mass is 16.1. The molecular weight excluding hydrogens is 236 g/mol. The van der Waals surface area contributed by atoms with Crippen LogP contribution in [0.5, 0.6) is 0 Å². The third kappa shape index (κ3) is 2.33. The zero-order valence-electron chi connectivity index (χ0n) is 12.0. The van der Waals surface area contributed by atoms with Crippen LogP contribution in [-0.4, -0.2) is 16.1 Å². The predicted molar refractivity (Wildman–Crippen MR) is 77.2 cm³/mol. The van der Waals surface area contributed by atoms with Gasteiger partial charge in [-0.1, -0.05) is 31.5 Å². The van der Waals surface area contributed by atoms with E-state index in [9.17, 15) is 4.79 Å². The first-order valence-electron chi connectivity index (χ1n) is 6.75. The molecule has 1 heterocycles. The van der Waals surface area contributed by atoms with Crippen LogP contribution >= 0.6 is 0 Å². The second-order valence-electron chi connectivity index (χ2n) is 4.83. The fourth-order valence-corrected chi connectivity index (χ4v) is 2.50. The van der Waals surface area contributed by atoms with Gasteiger partial charge in [-0.2, -0.15) is 5.10 Å². The quantitative estimate of drug-likeness (QED) is 0.785. The Hall–Kier alpha value is -1.90. The molecule has 2 aromatic rings. The van der Waals surface area contributed by atoms with Gasteiger partial charge in [-0.05, 0) is 38.3 Å². The number of carbonyl (C=O) groups is 1. The zero-order valence-corrected chi connectivity index (χ0v) is 12.0. The molecule has 0 saturated heterocycles. The standard InChI is InChI=1S/C16H20N2O/c1-5-14-13(10-19)15(6-2)18(17-14)16-8-7-11(3)9-12(16)4/h7-10H,5-6H2,1-4H3. The number of rotatable bonds is 4. The first kappa shape index (κ1) is 13.5. The smallest absolute Gasteiger partial charge is 0.153 e. The molecule has 0 aliphatic heterocycles. The molecule has 0 aliphatic rings. The molecule has 2 rings (SSSR count). The zero-order chi connectivity index (χ0) is 14.0. The van der Waals surface area contributed by atoms with E-state index in [2.05, 4.69) is 44.1 Å². The van der Waals surface area contributed by atoms with Crippen molar-refractivity contribution in [3.63, 3.8) is 0 Å². The van der Waals surface area contributed by atoms with E-state index in [0.717, 1.165) is 41.8 Å². The number of benzene rings is 1. The minimum Gasteiger partial charge on any atom is -0.298 e. The van der Waals surface area contributed by atoms with E-state index in [4.69, 9.17) is 0 Å². The lowest BCUT2D eigenvalue weighted by molar-refractivity contribution is 0.112. The Morgan fingerprint density at radius 3 is 2.47 bits per heavy atom. The Morgan fingerprint density at radius 2 is 1.95 bits per heavy atom. The van der Waals surface area contributed by atoms with Crippen LogP contribution in [0, 0.1) is 13.8 Å². The highest BCUT2D eigenvalue weighted by Gasteiger charge is 2.16. The molecule has 19 heavy (non-hydrogen) atoms. The fraction of sp³-hybridized carbons (Fsp3) is 0.375. The van der Waals surface area contributed by atoms with Gasteiger partial charge in [-0.15, -0.1) is 0 Å². The molecule has 1 aromatic heterocycles. The van der Waals surface area contributed by atoms with Crippen LogP contribution in [0.1, 0.15) is 46.7 Å². The topological polar surface area (TPSA) is 34.9 Å². The highest BCUT2D eigenvalue weighted by Crippen LogP contribution is 2.22. The lowest BCUT2D eigenvalue weighted by atomic mass is 10.1. The molecule has 0 saturated carbocycles. The van der Waals surface area contributed by atoms with Crippen molar-refractivity contribution in [2.45, 2.75) is 40.5 Å². The second kappa shape index (κ2) is 5.39. The van der Waals surface area contributed by atoms with Gasteiger partial charge < -0.3 is 0 Å². The Morgan fingerprint density at radius 1 is 1.21 bits per heavy atom. The first-order valence-corrected chi connectivity index (χ1v) is 6.75. The van der Waals surface area contributed by atoms with E-state index in [1.54, 1.807) is 0 Å². The number of nitrogens with zero attached hydrogens (tertiary/aromatic N) is 2. The molecule has 0 amide bonds. The van der Waals surface area contributed by atoms with E-state index >= 15 is 0 Å². The van der Waals surface area contributed by atoms with Gasteiger partial charge in [0.15, 0.2) is 6.29 Å². The van der Waals surface area contributed by atoms with Crippen molar-refractivity contribution in [3.8, 4) is 5.69 Å². The molecule has 3 heteroatoms. The van der Waals surface area contributed by atoms with Crippen LogP contribution in [0.15, 0.2) is 18.2 Å². The van der Waals surface area contributed by atoms with E-state index in [-0.39, 0.29) is 0 Å². The average molecular weight is 256 g/mol. The van der Waals surface area contributed by atoms with Gasteiger partial charge in [0, 0.05) is 0 Å². The normalized spacial score (nSPS) is 10.7. The van der Waals surface area contributed by atoms with Crippen molar-refractivity contribution in [1.29, 1.82) is 0 Å². The van der Waals surface area contributed by atoms with Crippen molar-refractivity contribution in [2.24, 2.45) is 0 Å². The highest BCUT2D eigenvalue weighted by molar-refractivity contribution is 5.79. The number of hydrogen-bond acceptors (Lipinski definition) is 2. The second-order valence-corrected chi connectivity index (χ2v) is 4.83. The molecule has 100 valence electrons. The number of aldehydes is 1. The van der Waals surface area contributed by atoms with E-state index in [0.29, 0.717) is 0 Å². The summed E-state index contributed by atoms with van der Waals surface area (Å²) in [5.74, 6) is 0. The lowest BCUT2D eigenvalue weighted by Gasteiger charge is -2.10. The van der Waals surface area contributed by atoms with Crippen LogP contribution in [0.25, 0.3) is 5.69 Å². The summed E-state index contributed by atoms with van der Waals surface area (Å²) in [7, 11) is 0. The first-order chi connectivity index (χ1) is 9.12. The molecule has 0 fully saturated rings. The molecule has 0 aliphatic carbocycles. The van der Waals surface area contributed by atoms with Crippen LogP contribution in [0.3, 0.4) is 0 Å². The number of aryl methyl sites for hydroxylation is 3. The largest absolute Gasteiger partial charge is 0.298 e. The Balaban J connectivity index is 2.67. The molecule has 0 radical (unpaired) electrons. The SMILES string of the molecule is CCc1nn(-c2ccc(C)cc2C)c(CC)c1C=O. The monoisotopic (exact) mass is 256 g/mol. The van der Waals surface area contributed by atoms with E-state index < -0.39 is 0 Å². The molecule has 3 nitrogen and oxygen atoms in total. The van der Waals surface area contributed by atoms with Crippen LogP contribution in [-0.2, 0) is 12.8 Å². The van der Waals surface area contributed by atoms with Crippen LogP contribution in [0.4, 0.5) is 0 Å². The van der Waals surface area contributed by atoms with Crippen LogP contribution < -0.4 is 0 Å². The summed E-state index contributed by atoms with van der Waals surface area (Å²) < 4.78 is 1.93.